The van der Waals surface area contributed by atoms with Gasteiger partial charge in [-0.3, -0.25) is 0 Å². The number of thioether (sulfide) groups is 1. The third kappa shape index (κ3) is 4.94. The van der Waals surface area contributed by atoms with Crippen LogP contribution < -0.4 is 9.84 Å². The number of ether oxygens (including phenoxy) is 1. The summed E-state index contributed by atoms with van der Waals surface area (Å²) in [7, 11) is 0. The number of carbonyl (C=O) groups excluding carboxylic acids is 1. The fourth-order valence-electron chi connectivity index (χ4n) is 3.74. The van der Waals surface area contributed by atoms with Crippen LogP contribution in [-0.2, 0) is 11.2 Å². The highest BCUT2D eigenvalue weighted by Gasteiger charge is 2.18. The number of aliphatic carboxylic acids is 1. The van der Waals surface area contributed by atoms with Gasteiger partial charge in [0.25, 0.3) is 0 Å². The maximum absolute atomic E-state index is 10.8. The molecule has 0 saturated carbocycles. The molecule has 1 heterocycles. The lowest BCUT2D eigenvalue weighted by Crippen LogP contribution is -2.28. The van der Waals surface area contributed by atoms with Crippen molar-refractivity contribution in [1.82, 2.24) is 0 Å². The lowest BCUT2D eigenvalue weighted by molar-refractivity contribution is -0.307. The summed E-state index contributed by atoms with van der Waals surface area (Å²) in [5.41, 5.74) is 4.28. The Balaban J connectivity index is 1.53. The molecule has 0 radical (unpaired) electrons. The number of furan rings is 1. The minimum atomic E-state index is -1.26. The van der Waals surface area contributed by atoms with Crippen molar-refractivity contribution in [3.63, 3.8) is 0 Å². The van der Waals surface area contributed by atoms with Crippen molar-refractivity contribution in [3.05, 3.63) is 101 Å². The van der Waals surface area contributed by atoms with Gasteiger partial charge in [-0.2, -0.15) is 0 Å². The molecule has 0 unspecified atom stereocenters. The second-order valence-electron chi connectivity index (χ2n) is 7.25. The number of rotatable bonds is 9. The summed E-state index contributed by atoms with van der Waals surface area (Å²) < 4.78 is 11.3. The number of fused-ring (bicyclic) bond motifs is 1. The van der Waals surface area contributed by atoms with Gasteiger partial charge in [-0.05, 0) is 36.3 Å². The Hall–Kier alpha value is -3.18. The minimum Gasteiger partial charge on any atom is -0.546 e. The van der Waals surface area contributed by atoms with E-state index in [0.717, 1.165) is 28.9 Å². The molecule has 0 aliphatic heterocycles. The monoisotopic (exact) mass is 431 g/mol. The predicted molar refractivity (Wildman–Crippen MR) is 122 cm³/mol. The van der Waals surface area contributed by atoms with Crippen molar-refractivity contribution in [2.24, 2.45) is 0 Å². The van der Waals surface area contributed by atoms with E-state index in [9.17, 15) is 9.90 Å². The van der Waals surface area contributed by atoms with Gasteiger partial charge in [-0.25, -0.2) is 0 Å². The van der Waals surface area contributed by atoms with Crippen molar-refractivity contribution in [2.45, 2.75) is 18.6 Å². The highest BCUT2D eigenvalue weighted by atomic mass is 32.2. The second-order valence-corrected chi connectivity index (χ2v) is 8.47. The largest absolute Gasteiger partial charge is 0.546 e. The van der Waals surface area contributed by atoms with E-state index < -0.39 is 12.6 Å². The first-order chi connectivity index (χ1) is 15.1. The summed E-state index contributed by atoms with van der Waals surface area (Å²) in [6.45, 7) is 1.44. The van der Waals surface area contributed by atoms with Gasteiger partial charge >= 0.3 is 0 Å². The fourth-order valence-corrected chi connectivity index (χ4v) is 5.00. The Kier molecular flexibility index (Phi) is 6.63. The molecule has 4 rings (SSSR count). The summed E-state index contributed by atoms with van der Waals surface area (Å²) in [5.74, 6) is 0.907. The zero-order chi connectivity index (χ0) is 21.6. The molecule has 4 nitrogen and oxygen atoms in total. The van der Waals surface area contributed by atoms with Gasteiger partial charge in [0, 0.05) is 10.9 Å². The van der Waals surface area contributed by atoms with E-state index in [1.807, 2.05) is 43.0 Å². The van der Waals surface area contributed by atoms with Gasteiger partial charge < -0.3 is 19.1 Å². The molecule has 0 aliphatic carbocycles. The Morgan fingerprint density at radius 1 is 0.968 bits per heavy atom. The van der Waals surface area contributed by atoms with Crippen LogP contribution in [0.3, 0.4) is 0 Å². The lowest BCUT2D eigenvalue weighted by atomic mass is 10.0. The topological polar surface area (TPSA) is 62.5 Å². The Morgan fingerprint density at radius 3 is 2.23 bits per heavy atom. The van der Waals surface area contributed by atoms with Gasteiger partial charge in [0.05, 0.1) is 11.2 Å². The molecule has 4 aromatic rings. The molecule has 0 aliphatic rings. The average Bonchev–Trinajstić information content (AvgIpc) is 3.12. The smallest absolute Gasteiger partial charge is 0.176 e. The molecule has 5 heteroatoms. The molecule has 31 heavy (non-hydrogen) atoms. The minimum absolute atomic E-state index is 0.253. The molecule has 158 valence electrons. The van der Waals surface area contributed by atoms with Gasteiger partial charge in [-0.1, -0.05) is 72.8 Å². The van der Waals surface area contributed by atoms with Crippen LogP contribution >= 0.6 is 11.8 Å². The number of hydrogen-bond acceptors (Lipinski definition) is 5. The van der Waals surface area contributed by atoms with Crippen LogP contribution in [0.1, 0.15) is 27.7 Å². The Morgan fingerprint density at radius 2 is 1.61 bits per heavy atom. The van der Waals surface area contributed by atoms with E-state index in [0.29, 0.717) is 11.3 Å². The third-order valence-electron chi connectivity index (χ3n) is 5.17. The summed E-state index contributed by atoms with van der Waals surface area (Å²) in [6.07, 6.45) is 0.837. The maximum Gasteiger partial charge on any atom is 0.176 e. The van der Waals surface area contributed by atoms with Crippen LogP contribution in [0.25, 0.3) is 11.0 Å². The molecule has 0 amide bonds. The van der Waals surface area contributed by atoms with Gasteiger partial charge in [0.2, 0.25) is 0 Å². The summed E-state index contributed by atoms with van der Waals surface area (Å²) in [5, 5.41) is 12.0. The number of aryl methyl sites for hydroxylation is 2. The number of para-hydroxylation sites is 1. The van der Waals surface area contributed by atoms with Crippen LogP contribution in [0.5, 0.6) is 5.75 Å². The molecule has 1 aromatic heterocycles. The van der Waals surface area contributed by atoms with Crippen LogP contribution in [0, 0.1) is 6.92 Å². The first-order valence-electron chi connectivity index (χ1n) is 10.2. The van der Waals surface area contributed by atoms with Crippen molar-refractivity contribution >= 4 is 28.7 Å². The number of carbonyl (C=O) groups is 1. The zero-order valence-electron chi connectivity index (χ0n) is 17.2. The molecular formula is C26H23O4S-. The van der Waals surface area contributed by atoms with Gasteiger partial charge in [0.1, 0.15) is 12.4 Å². The lowest BCUT2D eigenvalue weighted by Gasteiger charge is -2.17. The molecule has 0 atom stereocenters. The van der Waals surface area contributed by atoms with E-state index in [1.54, 1.807) is 6.07 Å². The van der Waals surface area contributed by atoms with Crippen LogP contribution in [0.2, 0.25) is 0 Å². The van der Waals surface area contributed by atoms with E-state index in [-0.39, 0.29) is 5.25 Å². The highest BCUT2D eigenvalue weighted by molar-refractivity contribution is 7.99. The highest BCUT2D eigenvalue weighted by Crippen LogP contribution is 2.38. The van der Waals surface area contributed by atoms with Crippen molar-refractivity contribution in [2.75, 3.05) is 12.4 Å². The molecular weight excluding hydrogens is 408 g/mol. The van der Waals surface area contributed by atoms with Gasteiger partial charge in [-0.15, -0.1) is 11.8 Å². The van der Waals surface area contributed by atoms with Crippen LogP contribution in [0.4, 0.5) is 0 Å². The quantitative estimate of drug-likeness (QED) is 0.376. The zero-order valence-corrected chi connectivity index (χ0v) is 18.1. The van der Waals surface area contributed by atoms with Crippen molar-refractivity contribution in [3.8, 4) is 5.75 Å². The first kappa shape index (κ1) is 21.1. The summed E-state index contributed by atoms with van der Waals surface area (Å²) >= 11 is 1.90. The van der Waals surface area contributed by atoms with Crippen molar-refractivity contribution < 1.29 is 19.1 Å². The fraction of sp³-hybridized carbons (Fsp3) is 0.192. The first-order valence-corrected chi connectivity index (χ1v) is 11.2. The Labute approximate surface area is 185 Å². The van der Waals surface area contributed by atoms with E-state index >= 15 is 0 Å². The third-order valence-corrected chi connectivity index (χ3v) is 6.49. The molecule has 0 saturated heterocycles. The number of hydrogen-bond donors (Lipinski definition) is 0. The van der Waals surface area contributed by atoms with Crippen LogP contribution in [0.15, 0.2) is 83.3 Å². The Bertz CT molecular complexity index is 1110. The van der Waals surface area contributed by atoms with Crippen molar-refractivity contribution in [1.29, 1.82) is 0 Å². The van der Waals surface area contributed by atoms with Crippen LogP contribution in [-0.4, -0.2) is 18.3 Å². The second kappa shape index (κ2) is 9.75. The molecule has 0 bridgehead atoms. The molecule has 0 N–H and O–H groups in total. The molecule has 0 fully saturated rings. The average molecular weight is 432 g/mol. The number of carboxylic acids is 1. The summed E-state index contributed by atoms with van der Waals surface area (Å²) in [6, 6.07) is 26.6. The summed E-state index contributed by atoms with van der Waals surface area (Å²) in [4.78, 5) is 10.8. The predicted octanol–water partition coefficient (Wildman–Crippen LogP) is 4.94. The van der Waals surface area contributed by atoms with E-state index in [2.05, 4.69) is 48.5 Å². The van der Waals surface area contributed by atoms with E-state index in [1.165, 1.54) is 11.1 Å². The van der Waals surface area contributed by atoms with Gasteiger partial charge in [0.15, 0.2) is 11.3 Å². The number of carboxylic acid groups (broad SMARTS) is 1. The standard InChI is InChI=1S/C26H24O4S/c1-18-21(22-13-8-14-23(25(22)30-18)29-17-24(27)28)15-16-31-26(19-9-4-2-5-10-19)20-11-6-3-7-12-20/h2-14,26H,15-17H2,1H3,(H,27,28)/p-1. The normalized spacial score (nSPS) is 11.2. The molecule has 0 spiro atoms. The maximum atomic E-state index is 10.8. The van der Waals surface area contributed by atoms with E-state index in [4.69, 9.17) is 9.15 Å². The molecule has 3 aromatic carbocycles. The number of benzene rings is 3. The SMILES string of the molecule is Cc1oc2c(OCC(=O)[O-])cccc2c1CCSC(c1ccccc1)c1ccccc1.